The summed E-state index contributed by atoms with van der Waals surface area (Å²) < 4.78 is 27.7. The fraction of sp³-hybridized carbons (Fsp3) is 0.417. The van der Waals surface area contributed by atoms with Crippen LogP contribution in [0.15, 0.2) is 18.2 Å². The molecule has 0 spiro atoms. The van der Waals surface area contributed by atoms with Crippen LogP contribution in [0.4, 0.5) is 11.4 Å². The van der Waals surface area contributed by atoms with Gasteiger partial charge in [-0.2, -0.15) is 0 Å². The number of anilines is 2. The number of hydrogen-bond donors (Lipinski definition) is 2. The molecule has 0 amide bonds. The molecule has 0 radical (unpaired) electrons. The molecule has 0 fully saturated rings. The average molecular weight is 286 g/mol. The maximum absolute atomic E-state index is 11.7. The smallest absolute Gasteiger partial charge is 0.338 e. The van der Waals surface area contributed by atoms with Crippen LogP contribution in [-0.4, -0.2) is 32.5 Å². The quantitative estimate of drug-likeness (QED) is 0.591. The molecule has 7 heteroatoms. The molecule has 0 aliphatic carbocycles. The van der Waals surface area contributed by atoms with Crippen molar-refractivity contribution in [2.75, 3.05) is 29.6 Å². The summed E-state index contributed by atoms with van der Waals surface area (Å²) in [5, 5.41) is 0. The number of carbonyl (C=O) groups is 1. The monoisotopic (exact) mass is 286 g/mol. The van der Waals surface area contributed by atoms with Crippen molar-refractivity contribution in [2.45, 2.75) is 13.3 Å². The van der Waals surface area contributed by atoms with Gasteiger partial charge in [0.05, 0.1) is 17.1 Å². The van der Waals surface area contributed by atoms with E-state index in [2.05, 4.69) is 0 Å². The van der Waals surface area contributed by atoms with E-state index in [1.165, 1.54) is 18.2 Å². The van der Waals surface area contributed by atoms with E-state index >= 15 is 0 Å². The highest BCUT2D eigenvalue weighted by Gasteiger charge is 2.13. The molecule has 0 bridgehead atoms. The Bertz CT molecular complexity index is 535. The third-order valence-corrected chi connectivity index (χ3v) is 4.17. The second kappa shape index (κ2) is 6.42. The zero-order valence-corrected chi connectivity index (χ0v) is 11.6. The Morgan fingerprint density at radius 3 is 2.26 bits per heavy atom. The Labute approximate surface area is 112 Å². The van der Waals surface area contributed by atoms with Gasteiger partial charge in [0.1, 0.15) is 6.61 Å². The normalized spacial score (nSPS) is 11.2. The van der Waals surface area contributed by atoms with Crippen molar-refractivity contribution in [2.24, 2.45) is 0 Å². The minimum atomic E-state index is -3.15. The van der Waals surface area contributed by atoms with Gasteiger partial charge in [-0.05, 0) is 24.6 Å². The van der Waals surface area contributed by atoms with Crippen LogP contribution in [0, 0.1) is 0 Å². The number of carbonyl (C=O) groups excluding carboxylic acids is 1. The third-order valence-electron chi connectivity index (χ3n) is 2.36. The predicted molar refractivity (Wildman–Crippen MR) is 74.5 cm³/mol. The molecular weight excluding hydrogens is 268 g/mol. The van der Waals surface area contributed by atoms with Gasteiger partial charge in [0.2, 0.25) is 0 Å². The van der Waals surface area contributed by atoms with Gasteiger partial charge in [0.25, 0.3) is 0 Å². The molecule has 0 saturated carbocycles. The number of esters is 1. The van der Waals surface area contributed by atoms with Crippen molar-refractivity contribution in [3.8, 4) is 0 Å². The van der Waals surface area contributed by atoms with Gasteiger partial charge >= 0.3 is 5.97 Å². The van der Waals surface area contributed by atoms with Crippen molar-refractivity contribution in [1.29, 1.82) is 0 Å². The molecule has 0 aliphatic rings. The lowest BCUT2D eigenvalue weighted by Crippen LogP contribution is -2.18. The number of nitrogens with two attached hydrogens (primary N) is 2. The lowest BCUT2D eigenvalue weighted by atomic mass is 10.2. The third kappa shape index (κ3) is 5.17. The number of ether oxygens (including phenoxy) is 1. The van der Waals surface area contributed by atoms with Gasteiger partial charge in [0, 0.05) is 11.4 Å². The molecule has 6 nitrogen and oxygen atoms in total. The standard InChI is InChI=1S/C12H18N2O4S/c1-2-4-19(16,17)5-3-18-12(15)9-6-10(13)8-11(14)7-9/h6-8H,2-5,13-14H2,1H3. The SMILES string of the molecule is CCCS(=O)(=O)CCOC(=O)c1cc(N)cc(N)c1. The highest BCUT2D eigenvalue weighted by atomic mass is 32.2. The molecule has 0 aromatic heterocycles. The molecule has 0 aliphatic heterocycles. The maximum atomic E-state index is 11.7. The summed E-state index contributed by atoms with van der Waals surface area (Å²) in [6.07, 6.45) is 0.544. The maximum Gasteiger partial charge on any atom is 0.338 e. The Kier molecular flexibility index (Phi) is 5.17. The fourth-order valence-corrected chi connectivity index (χ4v) is 2.72. The van der Waals surface area contributed by atoms with Gasteiger partial charge < -0.3 is 16.2 Å². The molecule has 1 rings (SSSR count). The van der Waals surface area contributed by atoms with Crippen molar-refractivity contribution >= 4 is 27.2 Å². The van der Waals surface area contributed by atoms with Crippen molar-refractivity contribution < 1.29 is 17.9 Å². The summed E-state index contributed by atoms with van der Waals surface area (Å²) in [5.74, 6) is -0.717. The van der Waals surface area contributed by atoms with E-state index in [9.17, 15) is 13.2 Å². The van der Waals surface area contributed by atoms with Crippen LogP contribution in [0.2, 0.25) is 0 Å². The summed E-state index contributed by atoms with van der Waals surface area (Å²) in [5.41, 5.74) is 12.0. The zero-order chi connectivity index (χ0) is 14.5. The summed E-state index contributed by atoms with van der Waals surface area (Å²) in [6, 6.07) is 4.38. The molecule has 1 aromatic rings. The van der Waals surface area contributed by atoms with Crippen LogP contribution in [0.5, 0.6) is 0 Å². The largest absolute Gasteiger partial charge is 0.461 e. The van der Waals surface area contributed by atoms with Crippen LogP contribution < -0.4 is 11.5 Å². The first-order chi connectivity index (χ1) is 8.84. The molecule has 19 heavy (non-hydrogen) atoms. The molecule has 0 unspecified atom stereocenters. The van der Waals surface area contributed by atoms with E-state index in [0.29, 0.717) is 17.8 Å². The van der Waals surface area contributed by atoms with Crippen LogP contribution in [-0.2, 0) is 14.6 Å². The first-order valence-electron chi connectivity index (χ1n) is 5.87. The second-order valence-corrected chi connectivity index (χ2v) is 6.48. The highest BCUT2D eigenvalue weighted by molar-refractivity contribution is 7.91. The van der Waals surface area contributed by atoms with E-state index in [1.807, 2.05) is 0 Å². The summed E-state index contributed by atoms with van der Waals surface area (Å²) in [4.78, 5) is 11.7. The van der Waals surface area contributed by atoms with E-state index in [1.54, 1.807) is 6.92 Å². The summed E-state index contributed by atoms with van der Waals surface area (Å²) in [6.45, 7) is 1.61. The van der Waals surface area contributed by atoms with Gasteiger partial charge in [-0.1, -0.05) is 6.92 Å². The van der Waals surface area contributed by atoms with E-state index < -0.39 is 15.8 Å². The minimum Gasteiger partial charge on any atom is -0.461 e. The molecule has 0 atom stereocenters. The zero-order valence-electron chi connectivity index (χ0n) is 10.8. The van der Waals surface area contributed by atoms with Crippen LogP contribution in [0.1, 0.15) is 23.7 Å². The van der Waals surface area contributed by atoms with E-state index in [4.69, 9.17) is 16.2 Å². The highest BCUT2D eigenvalue weighted by Crippen LogP contribution is 2.14. The van der Waals surface area contributed by atoms with E-state index in [-0.39, 0.29) is 23.7 Å². The number of benzene rings is 1. The molecule has 1 aromatic carbocycles. The fourth-order valence-electron chi connectivity index (χ4n) is 1.55. The van der Waals surface area contributed by atoms with Crippen molar-refractivity contribution in [3.63, 3.8) is 0 Å². The minimum absolute atomic E-state index is 0.0930. The molecule has 0 heterocycles. The van der Waals surface area contributed by atoms with Gasteiger partial charge in [-0.15, -0.1) is 0 Å². The molecule has 106 valence electrons. The lowest BCUT2D eigenvalue weighted by molar-refractivity contribution is 0.0529. The number of nitrogen functional groups attached to an aromatic ring is 2. The second-order valence-electron chi connectivity index (χ2n) is 4.18. The van der Waals surface area contributed by atoms with Crippen molar-refractivity contribution in [3.05, 3.63) is 23.8 Å². The van der Waals surface area contributed by atoms with Crippen LogP contribution in [0.3, 0.4) is 0 Å². The number of sulfone groups is 1. The Morgan fingerprint density at radius 2 is 1.74 bits per heavy atom. The topological polar surface area (TPSA) is 112 Å². The predicted octanol–water partition coefficient (Wildman–Crippen LogP) is 0.833. The summed E-state index contributed by atoms with van der Waals surface area (Å²) >= 11 is 0. The number of hydrogen-bond acceptors (Lipinski definition) is 6. The lowest BCUT2D eigenvalue weighted by Gasteiger charge is -2.07. The molecule has 4 N–H and O–H groups in total. The van der Waals surface area contributed by atoms with E-state index in [0.717, 1.165) is 0 Å². The molecule has 0 saturated heterocycles. The Morgan fingerprint density at radius 1 is 1.16 bits per heavy atom. The van der Waals surface area contributed by atoms with Crippen LogP contribution >= 0.6 is 0 Å². The van der Waals surface area contributed by atoms with Gasteiger partial charge in [0.15, 0.2) is 9.84 Å². The first kappa shape index (κ1) is 15.3. The van der Waals surface area contributed by atoms with Gasteiger partial charge in [-0.25, -0.2) is 13.2 Å². The average Bonchev–Trinajstić information content (AvgIpc) is 2.27. The summed E-state index contributed by atoms with van der Waals surface area (Å²) in [7, 11) is -3.15. The molecular formula is C12H18N2O4S. The Balaban J connectivity index is 2.57. The number of rotatable bonds is 6. The first-order valence-corrected chi connectivity index (χ1v) is 7.70. The van der Waals surface area contributed by atoms with Crippen molar-refractivity contribution in [1.82, 2.24) is 0 Å². The Hall–Kier alpha value is -1.76. The van der Waals surface area contributed by atoms with Crippen LogP contribution in [0.25, 0.3) is 0 Å². The van der Waals surface area contributed by atoms with Gasteiger partial charge in [-0.3, -0.25) is 0 Å².